The Kier molecular flexibility index (Phi) is 5.81. The second kappa shape index (κ2) is 8.33. The largest absolute Gasteiger partial charge is 0.485 e. The number of hydrogen-bond donors (Lipinski definition) is 3. The number of piperidine rings is 1. The summed E-state index contributed by atoms with van der Waals surface area (Å²) in [5.41, 5.74) is 0.509. The SMILES string of the molecule is CN1C(C)(C)CC(Nc2nc(Nc3ccc4c(c3)OCC(C(=O)O)O4)ncc2F)CC1(C)C. The van der Waals surface area contributed by atoms with E-state index in [1.165, 1.54) is 0 Å². The number of likely N-dealkylation sites (tertiary alicyclic amines) is 1. The lowest BCUT2D eigenvalue weighted by molar-refractivity contribution is -0.147. The number of rotatable bonds is 5. The van der Waals surface area contributed by atoms with Gasteiger partial charge in [-0.05, 0) is 59.7 Å². The summed E-state index contributed by atoms with van der Waals surface area (Å²) in [6, 6.07) is 5.02. The molecule has 2 aliphatic rings. The minimum Gasteiger partial charge on any atom is -0.485 e. The van der Waals surface area contributed by atoms with E-state index >= 15 is 0 Å². The molecule has 1 aromatic carbocycles. The second-order valence-corrected chi connectivity index (χ2v) is 9.87. The van der Waals surface area contributed by atoms with Gasteiger partial charge >= 0.3 is 5.97 Å². The maximum atomic E-state index is 14.5. The van der Waals surface area contributed by atoms with Crippen LogP contribution in [0.3, 0.4) is 0 Å². The molecule has 1 unspecified atom stereocenters. The van der Waals surface area contributed by atoms with E-state index in [1.807, 2.05) is 0 Å². The zero-order chi connectivity index (χ0) is 24.0. The molecule has 0 bridgehead atoms. The fourth-order valence-corrected chi connectivity index (χ4v) is 4.59. The highest BCUT2D eigenvalue weighted by molar-refractivity contribution is 5.74. The molecule has 0 radical (unpaired) electrons. The molecule has 0 saturated carbocycles. The number of anilines is 3. The number of nitrogens with zero attached hydrogens (tertiary/aromatic N) is 3. The number of carboxylic acid groups (broad SMARTS) is 1. The molecule has 10 heteroatoms. The Morgan fingerprint density at radius 2 is 1.91 bits per heavy atom. The number of carbonyl (C=O) groups is 1. The van der Waals surface area contributed by atoms with Crippen molar-refractivity contribution in [2.45, 2.75) is 63.8 Å². The molecular formula is C23H30FN5O4. The van der Waals surface area contributed by atoms with Gasteiger partial charge in [0.15, 0.2) is 23.1 Å². The monoisotopic (exact) mass is 459 g/mol. The van der Waals surface area contributed by atoms with Crippen molar-refractivity contribution in [1.29, 1.82) is 0 Å². The van der Waals surface area contributed by atoms with Crippen LogP contribution in [0.1, 0.15) is 40.5 Å². The van der Waals surface area contributed by atoms with Crippen LogP contribution in [-0.4, -0.2) is 62.8 Å². The van der Waals surface area contributed by atoms with Crippen molar-refractivity contribution in [3.63, 3.8) is 0 Å². The van der Waals surface area contributed by atoms with Crippen molar-refractivity contribution >= 4 is 23.4 Å². The van der Waals surface area contributed by atoms with Crippen LogP contribution in [0.25, 0.3) is 0 Å². The molecule has 3 N–H and O–H groups in total. The molecule has 0 aliphatic carbocycles. The van der Waals surface area contributed by atoms with Crippen LogP contribution in [0.15, 0.2) is 24.4 Å². The van der Waals surface area contributed by atoms with Gasteiger partial charge in [0.1, 0.15) is 6.61 Å². The van der Waals surface area contributed by atoms with Crippen LogP contribution in [0, 0.1) is 5.82 Å². The Balaban J connectivity index is 1.49. The number of fused-ring (bicyclic) bond motifs is 1. The summed E-state index contributed by atoms with van der Waals surface area (Å²) in [6.45, 7) is 8.66. The van der Waals surface area contributed by atoms with Crippen LogP contribution < -0.4 is 20.1 Å². The average molecular weight is 460 g/mol. The number of ether oxygens (including phenoxy) is 2. The highest BCUT2D eigenvalue weighted by Gasteiger charge is 2.43. The van der Waals surface area contributed by atoms with Gasteiger partial charge in [-0.15, -0.1) is 0 Å². The van der Waals surface area contributed by atoms with Gasteiger partial charge in [0.05, 0.1) is 6.20 Å². The number of aromatic nitrogens is 2. The first-order valence-corrected chi connectivity index (χ1v) is 10.9. The van der Waals surface area contributed by atoms with E-state index in [0.29, 0.717) is 17.2 Å². The van der Waals surface area contributed by atoms with E-state index < -0.39 is 17.9 Å². The minimum absolute atomic E-state index is 0.0468. The molecule has 178 valence electrons. The smallest absolute Gasteiger partial charge is 0.348 e. The maximum absolute atomic E-state index is 14.5. The number of aliphatic carboxylic acids is 1. The summed E-state index contributed by atoms with van der Waals surface area (Å²) in [5, 5.41) is 15.4. The molecular weight excluding hydrogens is 429 g/mol. The fourth-order valence-electron chi connectivity index (χ4n) is 4.59. The first-order chi connectivity index (χ1) is 15.4. The van der Waals surface area contributed by atoms with Gasteiger partial charge in [-0.2, -0.15) is 4.98 Å². The normalized spacial score (nSPS) is 21.9. The van der Waals surface area contributed by atoms with E-state index in [9.17, 15) is 9.18 Å². The van der Waals surface area contributed by atoms with Gasteiger partial charge in [-0.1, -0.05) is 0 Å². The van der Waals surface area contributed by atoms with E-state index in [1.54, 1.807) is 18.2 Å². The minimum atomic E-state index is -1.08. The third-order valence-electron chi connectivity index (χ3n) is 6.53. The Morgan fingerprint density at radius 3 is 2.58 bits per heavy atom. The van der Waals surface area contributed by atoms with Crippen molar-refractivity contribution in [3.05, 3.63) is 30.2 Å². The zero-order valence-corrected chi connectivity index (χ0v) is 19.5. The van der Waals surface area contributed by atoms with Gasteiger partial charge in [0, 0.05) is 28.9 Å². The highest BCUT2D eigenvalue weighted by Crippen LogP contribution is 2.38. The Labute approximate surface area is 192 Å². The molecule has 4 rings (SSSR count). The molecule has 1 atom stereocenters. The van der Waals surface area contributed by atoms with Crippen LogP contribution in [0.4, 0.5) is 21.8 Å². The first kappa shape index (κ1) is 23.0. The third-order valence-corrected chi connectivity index (χ3v) is 6.53. The maximum Gasteiger partial charge on any atom is 0.348 e. The molecule has 0 amide bonds. The zero-order valence-electron chi connectivity index (χ0n) is 19.5. The van der Waals surface area contributed by atoms with Crippen molar-refractivity contribution in [2.75, 3.05) is 24.3 Å². The standard InChI is InChI=1S/C23H30FN5O4/c1-22(2)9-14(10-23(3,4)29(22)5)26-19-15(24)11-25-21(28-19)27-13-6-7-16-17(8-13)32-12-18(33-16)20(30)31/h6-8,11,14,18H,9-10,12H2,1-5H3,(H,30,31)(H2,25,26,27,28). The van der Waals surface area contributed by atoms with Gasteiger partial charge in [0.2, 0.25) is 12.1 Å². The summed E-state index contributed by atoms with van der Waals surface area (Å²) < 4.78 is 25.5. The Morgan fingerprint density at radius 1 is 1.21 bits per heavy atom. The molecule has 33 heavy (non-hydrogen) atoms. The van der Waals surface area contributed by atoms with Crippen LogP contribution in [0.5, 0.6) is 11.5 Å². The average Bonchev–Trinajstić information content (AvgIpc) is 2.73. The van der Waals surface area contributed by atoms with Crippen LogP contribution >= 0.6 is 0 Å². The summed E-state index contributed by atoms with van der Waals surface area (Å²) in [7, 11) is 2.12. The molecule has 1 fully saturated rings. The summed E-state index contributed by atoms with van der Waals surface area (Å²) >= 11 is 0. The Hall–Kier alpha value is -3.14. The van der Waals surface area contributed by atoms with E-state index in [2.05, 4.69) is 60.2 Å². The van der Waals surface area contributed by atoms with Crippen molar-refractivity contribution in [3.8, 4) is 11.5 Å². The summed E-state index contributed by atoms with van der Waals surface area (Å²) in [5.74, 6) is -0.472. The predicted molar refractivity (Wildman–Crippen MR) is 122 cm³/mol. The Bertz CT molecular complexity index is 1040. The van der Waals surface area contributed by atoms with Gasteiger partial charge in [-0.25, -0.2) is 14.2 Å². The van der Waals surface area contributed by atoms with E-state index in [-0.39, 0.29) is 35.5 Å². The lowest BCUT2D eigenvalue weighted by atomic mass is 9.77. The first-order valence-electron chi connectivity index (χ1n) is 10.9. The predicted octanol–water partition coefficient (Wildman–Crippen LogP) is 3.65. The molecule has 1 saturated heterocycles. The number of nitrogens with one attached hydrogen (secondary N) is 2. The molecule has 9 nitrogen and oxygen atoms in total. The lowest BCUT2D eigenvalue weighted by Gasteiger charge is -2.53. The van der Waals surface area contributed by atoms with Gasteiger partial charge < -0.3 is 25.2 Å². The van der Waals surface area contributed by atoms with Gasteiger partial charge in [-0.3, -0.25) is 4.90 Å². The lowest BCUT2D eigenvalue weighted by Crippen LogP contribution is -2.61. The molecule has 2 aliphatic heterocycles. The fraction of sp³-hybridized carbons (Fsp3) is 0.522. The van der Waals surface area contributed by atoms with Crippen molar-refractivity contribution in [2.24, 2.45) is 0 Å². The van der Waals surface area contributed by atoms with Crippen molar-refractivity contribution < 1.29 is 23.8 Å². The number of hydrogen-bond acceptors (Lipinski definition) is 8. The van der Waals surface area contributed by atoms with Crippen LogP contribution in [0.2, 0.25) is 0 Å². The van der Waals surface area contributed by atoms with E-state index in [0.717, 1.165) is 19.0 Å². The van der Waals surface area contributed by atoms with E-state index in [4.69, 9.17) is 14.6 Å². The molecule has 3 heterocycles. The quantitative estimate of drug-likeness (QED) is 0.617. The third kappa shape index (κ3) is 4.80. The van der Waals surface area contributed by atoms with Gasteiger partial charge in [0.25, 0.3) is 0 Å². The number of halogens is 1. The summed E-state index contributed by atoms with van der Waals surface area (Å²) in [4.78, 5) is 21.9. The molecule has 0 spiro atoms. The van der Waals surface area contributed by atoms with Crippen LogP contribution in [-0.2, 0) is 4.79 Å². The second-order valence-electron chi connectivity index (χ2n) is 9.87. The van der Waals surface area contributed by atoms with Crippen molar-refractivity contribution in [1.82, 2.24) is 14.9 Å². The highest BCUT2D eigenvalue weighted by atomic mass is 19.1. The molecule has 2 aromatic rings. The topological polar surface area (TPSA) is 109 Å². The number of benzene rings is 1. The summed E-state index contributed by atoms with van der Waals surface area (Å²) in [6.07, 6.45) is 1.79. The molecule has 1 aromatic heterocycles. The number of carboxylic acids is 1.